The Morgan fingerprint density at radius 2 is 2.17 bits per heavy atom. The molecule has 0 aliphatic heterocycles. The van der Waals surface area contributed by atoms with Gasteiger partial charge in [0.05, 0.1) is 6.20 Å². The third-order valence-electron chi connectivity index (χ3n) is 3.12. The summed E-state index contributed by atoms with van der Waals surface area (Å²) in [5, 5.41) is 12.7. The van der Waals surface area contributed by atoms with Gasteiger partial charge in [-0.2, -0.15) is 5.10 Å². The van der Waals surface area contributed by atoms with E-state index in [4.69, 9.17) is 11.6 Å². The minimum Gasteiger partial charge on any atom is -0.359 e. The summed E-state index contributed by atoms with van der Waals surface area (Å²) in [6, 6.07) is 1.23. The molecule has 118 valence electrons. The second-order valence-corrected chi connectivity index (χ2v) is 5.10. The lowest BCUT2D eigenvalue weighted by Crippen LogP contribution is -2.35. The van der Waals surface area contributed by atoms with Crippen LogP contribution in [0.2, 0.25) is 5.15 Å². The van der Waals surface area contributed by atoms with Crippen LogP contribution in [-0.4, -0.2) is 49.1 Å². The summed E-state index contributed by atoms with van der Waals surface area (Å²) in [7, 11) is 1.57. The molecule has 9 nitrogen and oxygen atoms in total. The second kappa shape index (κ2) is 6.13. The lowest BCUT2D eigenvalue weighted by Gasteiger charge is -2.12. The summed E-state index contributed by atoms with van der Waals surface area (Å²) in [6.45, 7) is 1.73. The van der Waals surface area contributed by atoms with Gasteiger partial charge in [0.1, 0.15) is 28.2 Å². The van der Waals surface area contributed by atoms with E-state index < -0.39 is 6.04 Å². The van der Waals surface area contributed by atoms with Crippen LogP contribution in [0.3, 0.4) is 0 Å². The maximum atomic E-state index is 11.6. The van der Waals surface area contributed by atoms with E-state index >= 15 is 0 Å². The van der Waals surface area contributed by atoms with Crippen molar-refractivity contribution in [2.24, 2.45) is 0 Å². The summed E-state index contributed by atoms with van der Waals surface area (Å²) in [4.78, 5) is 28.4. The Morgan fingerprint density at radius 3 is 2.96 bits per heavy atom. The zero-order valence-corrected chi connectivity index (χ0v) is 13.1. The molecule has 3 heterocycles. The number of rotatable bonds is 4. The number of anilines is 1. The predicted octanol–water partition coefficient (Wildman–Crippen LogP) is 1.01. The second-order valence-electron chi connectivity index (χ2n) is 4.71. The fraction of sp³-hybridized carbons (Fsp3) is 0.231. The van der Waals surface area contributed by atoms with Crippen molar-refractivity contribution in [1.82, 2.24) is 35.5 Å². The number of nitrogens with one attached hydrogen (secondary N) is 3. The SMILES string of the molecule is CNC(=O)[C@H](C)Nc1ccnc(-c2[nH]nc3ncc(Cl)nc23)n1. The van der Waals surface area contributed by atoms with Crippen molar-refractivity contribution < 1.29 is 4.79 Å². The molecule has 0 aliphatic rings. The zero-order chi connectivity index (χ0) is 16.4. The van der Waals surface area contributed by atoms with Gasteiger partial charge < -0.3 is 10.6 Å². The van der Waals surface area contributed by atoms with Crippen molar-refractivity contribution in [1.29, 1.82) is 0 Å². The van der Waals surface area contributed by atoms with Crippen LogP contribution in [0.25, 0.3) is 22.7 Å². The quantitative estimate of drug-likeness (QED) is 0.651. The smallest absolute Gasteiger partial charge is 0.241 e. The first-order valence-corrected chi connectivity index (χ1v) is 7.14. The summed E-state index contributed by atoms with van der Waals surface area (Å²) in [6.07, 6.45) is 2.99. The number of likely N-dealkylation sites (N-methyl/N-ethyl adjacent to an activating group) is 1. The number of aromatic amines is 1. The fourth-order valence-electron chi connectivity index (χ4n) is 1.99. The highest BCUT2D eigenvalue weighted by molar-refractivity contribution is 6.29. The van der Waals surface area contributed by atoms with E-state index in [1.165, 1.54) is 6.20 Å². The largest absolute Gasteiger partial charge is 0.359 e. The predicted molar refractivity (Wildman–Crippen MR) is 84.9 cm³/mol. The Hall–Kier alpha value is -2.81. The first-order valence-electron chi connectivity index (χ1n) is 6.76. The number of halogens is 1. The molecule has 3 N–H and O–H groups in total. The van der Waals surface area contributed by atoms with E-state index in [1.54, 1.807) is 26.2 Å². The molecule has 3 rings (SSSR count). The number of hydrogen-bond donors (Lipinski definition) is 3. The lowest BCUT2D eigenvalue weighted by molar-refractivity contribution is -0.121. The van der Waals surface area contributed by atoms with E-state index in [0.29, 0.717) is 28.5 Å². The molecule has 0 radical (unpaired) electrons. The van der Waals surface area contributed by atoms with Crippen LogP contribution in [0.4, 0.5) is 5.82 Å². The van der Waals surface area contributed by atoms with Crippen LogP contribution in [0.15, 0.2) is 18.5 Å². The van der Waals surface area contributed by atoms with Gasteiger partial charge in [0.2, 0.25) is 5.91 Å². The number of nitrogens with zero attached hydrogens (tertiary/aromatic N) is 5. The van der Waals surface area contributed by atoms with E-state index in [9.17, 15) is 4.79 Å². The number of carbonyl (C=O) groups is 1. The molecule has 0 aliphatic carbocycles. The molecule has 0 aromatic carbocycles. The van der Waals surface area contributed by atoms with Crippen molar-refractivity contribution in [3.8, 4) is 11.5 Å². The van der Waals surface area contributed by atoms with Crippen molar-refractivity contribution in [2.45, 2.75) is 13.0 Å². The molecule has 0 saturated carbocycles. The highest BCUT2D eigenvalue weighted by Crippen LogP contribution is 2.22. The molecular weight excluding hydrogens is 320 g/mol. The van der Waals surface area contributed by atoms with E-state index in [1.807, 2.05) is 0 Å². The molecule has 0 bridgehead atoms. The maximum absolute atomic E-state index is 11.6. The number of H-pyrrole nitrogens is 1. The maximum Gasteiger partial charge on any atom is 0.241 e. The van der Waals surface area contributed by atoms with Gasteiger partial charge in [0.15, 0.2) is 11.5 Å². The average molecular weight is 333 g/mol. The minimum absolute atomic E-state index is 0.144. The standard InChI is InChI=1S/C13H13ClN8O/c1-6(13(23)15-2)18-8-3-4-16-11(20-8)10-9-12(22-21-10)17-5-7(14)19-9/h3-6H,1-2H3,(H,15,23)(H,16,18,20)(H,17,21,22)/t6-/m0/s1. The lowest BCUT2D eigenvalue weighted by atomic mass is 10.3. The Balaban J connectivity index is 1.95. The van der Waals surface area contributed by atoms with Crippen LogP contribution in [0.1, 0.15) is 6.92 Å². The van der Waals surface area contributed by atoms with Crippen molar-refractivity contribution in [3.05, 3.63) is 23.6 Å². The molecule has 0 spiro atoms. The van der Waals surface area contributed by atoms with Crippen LogP contribution in [0.5, 0.6) is 0 Å². The first-order chi connectivity index (χ1) is 11.1. The van der Waals surface area contributed by atoms with Crippen LogP contribution >= 0.6 is 11.6 Å². The third kappa shape index (κ3) is 3.04. The van der Waals surface area contributed by atoms with Crippen molar-refractivity contribution >= 4 is 34.5 Å². The van der Waals surface area contributed by atoms with Crippen molar-refractivity contribution in [3.63, 3.8) is 0 Å². The minimum atomic E-state index is -0.435. The van der Waals surface area contributed by atoms with Gasteiger partial charge in [-0.25, -0.2) is 19.9 Å². The Morgan fingerprint density at radius 1 is 1.35 bits per heavy atom. The molecule has 23 heavy (non-hydrogen) atoms. The summed E-state index contributed by atoms with van der Waals surface area (Å²) in [5.74, 6) is 0.733. The van der Waals surface area contributed by atoms with Crippen LogP contribution < -0.4 is 10.6 Å². The fourth-order valence-corrected chi connectivity index (χ4v) is 2.13. The molecule has 1 amide bonds. The third-order valence-corrected chi connectivity index (χ3v) is 3.30. The van der Waals surface area contributed by atoms with Gasteiger partial charge >= 0.3 is 0 Å². The van der Waals surface area contributed by atoms with Crippen LogP contribution in [0, 0.1) is 0 Å². The molecule has 3 aromatic heterocycles. The summed E-state index contributed by atoms with van der Waals surface area (Å²) < 4.78 is 0. The van der Waals surface area contributed by atoms with Gasteiger partial charge in [-0.05, 0) is 13.0 Å². The van der Waals surface area contributed by atoms with E-state index in [2.05, 4.69) is 40.8 Å². The monoisotopic (exact) mass is 332 g/mol. The summed E-state index contributed by atoms with van der Waals surface area (Å²) in [5.41, 5.74) is 1.41. The Kier molecular flexibility index (Phi) is 4.02. The van der Waals surface area contributed by atoms with Gasteiger partial charge in [-0.3, -0.25) is 9.89 Å². The number of hydrogen-bond acceptors (Lipinski definition) is 7. The van der Waals surface area contributed by atoms with Crippen molar-refractivity contribution in [2.75, 3.05) is 12.4 Å². The summed E-state index contributed by atoms with van der Waals surface area (Å²) >= 11 is 5.87. The number of amides is 1. The number of carbonyl (C=O) groups excluding carboxylic acids is 1. The Bertz CT molecular complexity index is 864. The molecule has 1 atom stereocenters. The van der Waals surface area contributed by atoms with Gasteiger partial charge in [0.25, 0.3) is 0 Å². The average Bonchev–Trinajstić information content (AvgIpc) is 2.97. The normalized spacial score (nSPS) is 12.1. The van der Waals surface area contributed by atoms with Gasteiger partial charge in [-0.15, -0.1) is 0 Å². The number of fused-ring (bicyclic) bond motifs is 1. The molecule has 0 unspecified atom stereocenters. The highest BCUT2D eigenvalue weighted by Gasteiger charge is 2.15. The van der Waals surface area contributed by atoms with Gasteiger partial charge in [0, 0.05) is 13.2 Å². The molecule has 0 saturated heterocycles. The highest BCUT2D eigenvalue weighted by atomic mass is 35.5. The first kappa shape index (κ1) is 15.1. The van der Waals surface area contributed by atoms with Crippen LogP contribution in [-0.2, 0) is 4.79 Å². The van der Waals surface area contributed by atoms with Gasteiger partial charge in [-0.1, -0.05) is 11.6 Å². The van der Waals surface area contributed by atoms with E-state index in [0.717, 1.165) is 0 Å². The molecular formula is C13H13ClN8O. The molecule has 10 heteroatoms. The topological polar surface area (TPSA) is 121 Å². The zero-order valence-electron chi connectivity index (χ0n) is 12.3. The molecule has 0 fully saturated rings. The number of aromatic nitrogens is 6. The Labute approximate surface area is 135 Å². The molecule has 3 aromatic rings. The van der Waals surface area contributed by atoms with E-state index in [-0.39, 0.29) is 11.1 Å².